The minimum absolute atomic E-state index is 0.931. The third-order valence-corrected chi connectivity index (χ3v) is 7.41. The highest BCUT2D eigenvalue weighted by atomic mass is 32.1. The number of rotatable bonds is 5. The van der Waals surface area contributed by atoms with Crippen molar-refractivity contribution in [2.75, 3.05) is 20.2 Å². The van der Waals surface area contributed by atoms with Crippen LogP contribution in [-0.2, 0) is 13.6 Å². The standard InChI is InChI=1S/C26H29N3OS.C2H6/c1-18-8-7-9-21(25(18)30-3)23-17-28(2)26-22(23)14-19(15-27-26)24-11-10-20(31-24)16-29-12-5-4-6-13-29;1-2/h7-11,14-15,17H,4-6,12-13,16H2,1-3H3;1-2H3. The lowest BCUT2D eigenvalue weighted by atomic mass is 10.0. The van der Waals surface area contributed by atoms with Gasteiger partial charge in [0.05, 0.1) is 7.11 Å². The Hall–Kier alpha value is -2.63. The van der Waals surface area contributed by atoms with Crippen LogP contribution in [0.2, 0.25) is 0 Å². The number of methoxy groups -OCH3 is 1. The van der Waals surface area contributed by atoms with Gasteiger partial charge in [-0.1, -0.05) is 38.5 Å². The van der Waals surface area contributed by atoms with E-state index < -0.39 is 0 Å². The zero-order valence-corrected chi connectivity index (χ0v) is 21.3. The smallest absolute Gasteiger partial charge is 0.140 e. The van der Waals surface area contributed by atoms with Crippen LogP contribution in [0, 0.1) is 6.92 Å². The number of aromatic nitrogens is 2. The quantitative estimate of drug-likeness (QED) is 0.312. The van der Waals surface area contributed by atoms with Crippen molar-refractivity contribution >= 4 is 22.4 Å². The molecule has 174 valence electrons. The minimum atomic E-state index is 0.931. The van der Waals surface area contributed by atoms with Crippen LogP contribution in [0.5, 0.6) is 5.75 Å². The number of hydrogen-bond donors (Lipinski definition) is 0. The first kappa shape index (κ1) is 23.5. The molecule has 0 N–H and O–H groups in total. The Morgan fingerprint density at radius 3 is 2.58 bits per heavy atom. The van der Waals surface area contributed by atoms with E-state index in [1.165, 1.54) is 47.7 Å². The lowest BCUT2D eigenvalue weighted by molar-refractivity contribution is 0.222. The van der Waals surface area contributed by atoms with Crippen LogP contribution in [0.25, 0.3) is 32.6 Å². The Bertz CT molecular complexity index is 1220. The maximum Gasteiger partial charge on any atom is 0.140 e. The Morgan fingerprint density at radius 2 is 1.82 bits per heavy atom. The lowest BCUT2D eigenvalue weighted by Crippen LogP contribution is -2.28. The van der Waals surface area contributed by atoms with Crippen molar-refractivity contribution in [1.29, 1.82) is 0 Å². The van der Waals surface area contributed by atoms with Crippen molar-refractivity contribution in [2.45, 2.75) is 46.6 Å². The van der Waals surface area contributed by atoms with Gasteiger partial charge in [-0.05, 0) is 56.6 Å². The summed E-state index contributed by atoms with van der Waals surface area (Å²) in [4.78, 5) is 10.1. The molecule has 5 rings (SSSR count). The number of fused-ring (bicyclic) bond motifs is 1. The molecule has 0 amide bonds. The van der Waals surface area contributed by atoms with E-state index in [0.29, 0.717) is 0 Å². The van der Waals surface area contributed by atoms with Gasteiger partial charge in [0, 0.05) is 57.8 Å². The molecular weight excluding hydrogens is 426 g/mol. The molecule has 0 bridgehead atoms. The summed E-state index contributed by atoms with van der Waals surface area (Å²) in [6, 6.07) is 13.1. The molecular formula is C28H35N3OS. The molecule has 1 saturated heterocycles. The third-order valence-electron chi connectivity index (χ3n) is 6.29. The molecule has 0 saturated carbocycles. The number of para-hydroxylation sites is 1. The highest BCUT2D eigenvalue weighted by Gasteiger charge is 2.17. The van der Waals surface area contributed by atoms with E-state index in [2.05, 4.69) is 66.0 Å². The van der Waals surface area contributed by atoms with Gasteiger partial charge < -0.3 is 9.30 Å². The van der Waals surface area contributed by atoms with Gasteiger partial charge in [0.25, 0.3) is 0 Å². The highest BCUT2D eigenvalue weighted by Crippen LogP contribution is 2.39. The maximum atomic E-state index is 5.75. The Balaban J connectivity index is 0.00000126. The summed E-state index contributed by atoms with van der Waals surface area (Å²) in [6.45, 7) is 9.61. The fraction of sp³-hybridized carbons (Fsp3) is 0.393. The molecule has 0 spiro atoms. The van der Waals surface area contributed by atoms with E-state index in [1.54, 1.807) is 7.11 Å². The second-order valence-corrected chi connectivity index (χ2v) is 9.68. The van der Waals surface area contributed by atoms with Crippen LogP contribution in [0.3, 0.4) is 0 Å². The van der Waals surface area contributed by atoms with Crippen molar-refractivity contribution in [3.8, 4) is 27.3 Å². The largest absolute Gasteiger partial charge is 0.496 e. The molecule has 0 aliphatic carbocycles. The van der Waals surface area contributed by atoms with Crippen molar-refractivity contribution in [3.05, 3.63) is 59.2 Å². The fourth-order valence-electron chi connectivity index (χ4n) is 4.70. The summed E-state index contributed by atoms with van der Waals surface area (Å²) in [7, 11) is 3.80. The second-order valence-electron chi connectivity index (χ2n) is 8.51. The molecule has 4 nitrogen and oxygen atoms in total. The van der Waals surface area contributed by atoms with Crippen molar-refractivity contribution < 1.29 is 4.74 Å². The number of ether oxygens (including phenoxy) is 1. The van der Waals surface area contributed by atoms with Crippen LogP contribution >= 0.6 is 11.3 Å². The summed E-state index contributed by atoms with van der Waals surface area (Å²) < 4.78 is 7.85. The van der Waals surface area contributed by atoms with Gasteiger partial charge in [-0.15, -0.1) is 11.3 Å². The molecule has 0 radical (unpaired) electrons. The third kappa shape index (κ3) is 4.85. The predicted molar refractivity (Wildman–Crippen MR) is 141 cm³/mol. The predicted octanol–water partition coefficient (Wildman–Crippen LogP) is 7.30. The van der Waals surface area contributed by atoms with E-state index in [1.807, 2.05) is 31.4 Å². The second kappa shape index (κ2) is 10.5. The summed E-state index contributed by atoms with van der Waals surface area (Å²) >= 11 is 1.89. The fourth-order valence-corrected chi connectivity index (χ4v) is 5.73. The van der Waals surface area contributed by atoms with Crippen LogP contribution < -0.4 is 4.74 Å². The lowest BCUT2D eigenvalue weighted by Gasteiger charge is -2.25. The van der Waals surface area contributed by atoms with Crippen LogP contribution in [0.4, 0.5) is 0 Å². The normalized spacial score (nSPS) is 14.2. The molecule has 33 heavy (non-hydrogen) atoms. The SMILES string of the molecule is CC.COc1c(C)cccc1-c1cn(C)c2ncc(-c3ccc(CN4CCCCC4)s3)cc12. The monoisotopic (exact) mass is 461 g/mol. The summed E-state index contributed by atoms with van der Waals surface area (Å²) in [5, 5.41) is 1.16. The summed E-state index contributed by atoms with van der Waals surface area (Å²) in [6.07, 6.45) is 8.21. The van der Waals surface area contributed by atoms with Crippen LogP contribution in [-0.4, -0.2) is 34.7 Å². The zero-order chi connectivity index (χ0) is 23.4. The molecule has 1 aliphatic heterocycles. The number of piperidine rings is 1. The van der Waals surface area contributed by atoms with Crippen LogP contribution in [0.1, 0.15) is 43.6 Å². The number of thiophene rings is 1. The first-order chi connectivity index (χ1) is 16.1. The Morgan fingerprint density at radius 1 is 1.03 bits per heavy atom. The topological polar surface area (TPSA) is 30.3 Å². The first-order valence-corrected chi connectivity index (χ1v) is 12.9. The molecule has 3 aromatic heterocycles. The average Bonchev–Trinajstić information content (AvgIpc) is 3.45. The van der Waals surface area contributed by atoms with Gasteiger partial charge in [0.15, 0.2) is 0 Å². The maximum absolute atomic E-state index is 5.75. The molecule has 5 heteroatoms. The van der Waals surface area contributed by atoms with Crippen molar-refractivity contribution in [1.82, 2.24) is 14.5 Å². The van der Waals surface area contributed by atoms with Gasteiger partial charge in [-0.25, -0.2) is 4.98 Å². The number of likely N-dealkylation sites (tertiary alicyclic amines) is 1. The van der Waals surface area contributed by atoms with E-state index in [0.717, 1.165) is 40.0 Å². The molecule has 4 heterocycles. The minimum Gasteiger partial charge on any atom is -0.496 e. The number of nitrogens with zero attached hydrogens (tertiary/aromatic N) is 3. The highest BCUT2D eigenvalue weighted by molar-refractivity contribution is 7.15. The van der Waals surface area contributed by atoms with E-state index in [9.17, 15) is 0 Å². The molecule has 4 aromatic rings. The van der Waals surface area contributed by atoms with Gasteiger partial charge in [0.2, 0.25) is 0 Å². The number of aryl methyl sites for hydroxylation is 2. The number of benzene rings is 1. The molecule has 1 aliphatic rings. The van der Waals surface area contributed by atoms with Gasteiger partial charge in [-0.2, -0.15) is 0 Å². The first-order valence-electron chi connectivity index (χ1n) is 12.0. The Labute approximate surface area is 201 Å². The Kier molecular flexibility index (Phi) is 7.51. The molecule has 1 aromatic carbocycles. The van der Waals surface area contributed by atoms with E-state index >= 15 is 0 Å². The van der Waals surface area contributed by atoms with E-state index in [-0.39, 0.29) is 0 Å². The zero-order valence-electron chi connectivity index (χ0n) is 20.5. The van der Waals surface area contributed by atoms with Gasteiger partial charge in [0.1, 0.15) is 11.4 Å². The number of pyridine rings is 1. The number of hydrogen-bond acceptors (Lipinski definition) is 4. The molecule has 0 atom stereocenters. The summed E-state index contributed by atoms with van der Waals surface area (Å²) in [5.41, 5.74) is 5.59. The average molecular weight is 462 g/mol. The van der Waals surface area contributed by atoms with Gasteiger partial charge in [-0.3, -0.25) is 4.90 Å². The van der Waals surface area contributed by atoms with Crippen molar-refractivity contribution in [3.63, 3.8) is 0 Å². The molecule has 1 fully saturated rings. The van der Waals surface area contributed by atoms with E-state index in [4.69, 9.17) is 9.72 Å². The molecule has 0 unspecified atom stereocenters. The van der Waals surface area contributed by atoms with Crippen LogP contribution in [0.15, 0.2) is 48.8 Å². The summed E-state index contributed by atoms with van der Waals surface area (Å²) in [5.74, 6) is 0.931. The van der Waals surface area contributed by atoms with Crippen molar-refractivity contribution in [2.24, 2.45) is 7.05 Å². The van der Waals surface area contributed by atoms with Gasteiger partial charge >= 0.3 is 0 Å².